The van der Waals surface area contributed by atoms with Crippen LogP contribution in [0.2, 0.25) is 0 Å². The number of rotatable bonds is 2. The second-order valence-electron chi connectivity index (χ2n) is 9.01. The molecule has 3 saturated heterocycles. The summed E-state index contributed by atoms with van der Waals surface area (Å²) in [6.45, 7) is 9.16. The van der Waals surface area contributed by atoms with Gasteiger partial charge in [-0.3, -0.25) is 9.59 Å². The van der Waals surface area contributed by atoms with E-state index < -0.39 is 52.9 Å². The van der Waals surface area contributed by atoms with Crippen LogP contribution in [0.1, 0.15) is 41.0 Å². The van der Waals surface area contributed by atoms with Gasteiger partial charge in [0, 0.05) is 37.4 Å². The van der Waals surface area contributed by atoms with E-state index in [1.54, 1.807) is 20.8 Å². The summed E-state index contributed by atoms with van der Waals surface area (Å²) < 4.78 is 24.0. The molecule has 0 aromatic rings. The number of ether oxygens (including phenoxy) is 4. The first-order valence-corrected chi connectivity index (χ1v) is 9.59. The average Bonchev–Trinajstić information content (AvgIpc) is 3.14. The molecule has 0 radical (unpaired) electrons. The fraction of sp³-hybridized carbons (Fsp3) is 0.800. The molecule has 0 aromatic heterocycles. The SMILES string of the molecule is CO[C@]1(C(C)C)O[C@H]2C[C@@]3(C)OC(=CC3=O)C(C)C(O)[C@H]3OC(=O)[C@@]1(C)[C@H]23. The van der Waals surface area contributed by atoms with Crippen molar-refractivity contribution in [3.05, 3.63) is 11.8 Å². The Labute approximate surface area is 159 Å². The molecule has 0 amide bonds. The minimum Gasteiger partial charge on any atom is -0.483 e. The molecule has 2 bridgehead atoms. The van der Waals surface area contributed by atoms with E-state index in [0.717, 1.165) is 0 Å². The molecule has 8 atom stereocenters. The quantitative estimate of drug-likeness (QED) is 0.727. The first kappa shape index (κ1) is 18.9. The minimum atomic E-state index is -1.20. The van der Waals surface area contributed by atoms with E-state index in [0.29, 0.717) is 5.76 Å². The number of aliphatic hydroxyl groups is 1. The molecule has 0 saturated carbocycles. The molecule has 0 spiro atoms. The van der Waals surface area contributed by atoms with Crippen molar-refractivity contribution in [2.75, 3.05) is 7.11 Å². The Kier molecular flexibility index (Phi) is 3.89. The molecule has 4 aliphatic heterocycles. The van der Waals surface area contributed by atoms with E-state index in [-0.39, 0.29) is 18.1 Å². The average molecular weight is 380 g/mol. The number of methoxy groups -OCH3 is 1. The van der Waals surface area contributed by atoms with Crippen LogP contribution >= 0.6 is 0 Å². The summed E-state index contributed by atoms with van der Waals surface area (Å²) in [6.07, 6.45) is -0.579. The normalized spacial score (nSPS) is 51.3. The highest BCUT2D eigenvalue weighted by Crippen LogP contribution is 2.62. The van der Waals surface area contributed by atoms with Gasteiger partial charge in [-0.15, -0.1) is 0 Å². The number of hydrogen-bond acceptors (Lipinski definition) is 7. The van der Waals surface area contributed by atoms with Gasteiger partial charge in [0.15, 0.2) is 11.4 Å². The van der Waals surface area contributed by atoms with E-state index in [4.69, 9.17) is 18.9 Å². The summed E-state index contributed by atoms with van der Waals surface area (Å²) >= 11 is 0. The lowest BCUT2D eigenvalue weighted by Gasteiger charge is -2.41. The Morgan fingerprint density at radius 3 is 2.56 bits per heavy atom. The second-order valence-corrected chi connectivity index (χ2v) is 9.01. The van der Waals surface area contributed by atoms with Crippen molar-refractivity contribution < 1.29 is 33.6 Å². The Hall–Kier alpha value is -1.44. The molecule has 1 N–H and O–H groups in total. The lowest BCUT2D eigenvalue weighted by molar-refractivity contribution is -0.279. The summed E-state index contributed by atoms with van der Waals surface area (Å²) in [5.41, 5.74) is -2.18. The van der Waals surface area contributed by atoms with Crippen LogP contribution in [0, 0.1) is 23.2 Å². The van der Waals surface area contributed by atoms with Crippen molar-refractivity contribution in [1.82, 2.24) is 0 Å². The van der Waals surface area contributed by atoms with Gasteiger partial charge in [-0.2, -0.15) is 0 Å². The molecule has 150 valence electrons. The maximum Gasteiger partial charge on any atom is 0.318 e. The lowest BCUT2D eigenvalue weighted by Crippen LogP contribution is -2.54. The molecular weight excluding hydrogens is 352 g/mol. The highest BCUT2D eigenvalue weighted by molar-refractivity contribution is 5.99. The van der Waals surface area contributed by atoms with Gasteiger partial charge in [-0.1, -0.05) is 20.8 Å². The van der Waals surface area contributed by atoms with Crippen LogP contribution in [0.3, 0.4) is 0 Å². The van der Waals surface area contributed by atoms with Crippen molar-refractivity contribution in [3.63, 3.8) is 0 Å². The molecule has 4 heterocycles. The topological polar surface area (TPSA) is 91.3 Å². The predicted octanol–water partition coefficient (Wildman–Crippen LogP) is 1.57. The molecule has 7 heteroatoms. The van der Waals surface area contributed by atoms with E-state index >= 15 is 0 Å². The summed E-state index contributed by atoms with van der Waals surface area (Å²) in [5, 5.41) is 11.0. The van der Waals surface area contributed by atoms with Crippen LogP contribution in [-0.4, -0.2) is 53.7 Å². The van der Waals surface area contributed by atoms with Gasteiger partial charge in [0.1, 0.15) is 23.4 Å². The van der Waals surface area contributed by atoms with E-state index in [1.165, 1.54) is 13.2 Å². The van der Waals surface area contributed by atoms with Gasteiger partial charge in [-0.05, 0) is 13.8 Å². The second kappa shape index (κ2) is 5.55. The number of carbonyl (C=O) groups is 2. The molecule has 0 aromatic carbocycles. The monoisotopic (exact) mass is 380 g/mol. The largest absolute Gasteiger partial charge is 0.483 e. The number of hydrogen-bond donors (Lipinski definition) is 1. The number of ketones is 1. The standard InChI is InChI=1S/C20H28O7/c1-9(2)20(24-6)19(5)14-12(27-20)8-18(4)13(21)7-11(26-18)10(3)15(22)16(14)25-17(19)23/h7,9-10,12,14-16,22H,8H2,1-6H3/t10?,12-,14+,15?,16-,18+,19+,20+/m0/s1. The third kappa shape index (κ3) is 2.08. The van der Waals surface area contributed by atoms with Crippen LogP contribution < -0.4 is 0 Å². The van der Waals surface area contributed by atoms with Gasteiger partial charge in [0.25, 0.3) is 0 Å². The molecule has 7 nitrogen and oxygen atoms in total. The first-order chi connectivity index (χ1) is 12.5. The van der Waals surface area contributed by atoms with Crippen molar-refractivity contribution in [2.24, 2.45) is 23.2 Å². The third-order valence-corrected chi connectivity index (χ3v) is 7.23. The van der Waals surface area contributed by atoms with Crippen LogP contribution in [-0.2, 0) is 28.5 Å². The molecule has 4 rings (SSSR count). The Morgan fingerprint density at radius 2 is 1.96 bits per heavy atom. The van der Waals surface area contributed by atoms with Crippen LogP contribution in [0.4, 0.5) is 0 Å². The molecule has 4 aliphatic rings. The zero-order chi connectivity index (χ0) is 19.9. The Bertz CT molecular complexity index is 730. The predicted molar refractivity (Wildman–Crippen MR) is 93.3 cm³/mol. The van der Waals surface area contributed by atoms with Crippen LogP contribution in [0.25, 0.3) is 0 Å². The van der Waals surface area contributed by atoms with Crippen LogP contribution in [0.5, 0.6) is 0 Å². The Balaban J connectivity index is 1.89. The van der Waals surface area contributed by atoms with Gasteiger partial charge >= 0.3 is 5.97 Å². The van der Waals surface area contributed by atoms with Gasteiger partial charge in [-0.25, -0.2) is 0 Å². The van der Waals surface area contributed by atoms with Crippen LogP contribution in [0.15, 0.2) is 11.8 Å². The third-order valence-electron chi connectivity index (χ3n) is 7.23. The van der Waals surface area contributed by atoms with Crippen molar-refractivity contribution in [1.29, 1.82) is 0 Å². The first-order valence-electron chi connectivity index (χ1n) is 9.59. The maximum atomic E-state index is 13.1. The van der Waals surface area contributed by atoms with Crippen molar-refractivity contribution >= 4 is 11.8 Å². The summed E-state index contributed by atoms with van der Waals surface area (Å²) in [4.78, 5) is 25.7. The number of esters is 1. The van der Waals surface area contributed by atoms with E-state index in [9.17, 15) is 14.7 Å². The summed E-state index contributed by atoms with van der Waals surface area (Å²) in [7, 11) is 1.52. The highest BCUT2D eigenvalue weighted by Gasteiger charge is 2.76. The maximum absolute atomic E-state index is 13.1. The van der Waals surface area contributed by atoms with Crippen molar-refractivity contribution in [3.8, 4) is 0 Å². The fourth-order valence-corrected chi connectivity index (χ4v) is 5.67. The lowest BCUT2D eigenvalue weighted by atomic mass is 9.65. The van der Waals surface area contributed by atoms with Gasteiger partial charge < -0.3 is 24.1 Å². The molecular formula is C20H28O7. The fourth-order valence-electron chi connectivity index (χ4n) is 5.67. The summed E-state index contributed by atoms with van der Waals surface area (Å²) in [5.74, 6) is -2.42. The van der Waals surface area contributed by atoms with E-state index in [2.05, 4.69) is 0 Å². The summed E-state index contributed by atoms with van der Waals surface area (Å²) in [6, 6.07) is 0. The number of carbonyl (C=O) groups excluding carboxylic acids is 2. The smallest absolute Gasteiger partial charge is 0.318 e. The molecule has 0 aliphatic carbocycles. The van der Waals surface area contributed by atoms with Crippen molar-refractivity contribution in [2.45, 2.75) is 70.7 Å². The van der Waals surface area contributed by atoms with Gasteiger partial charge in [0.2, 0.25) is 5.78 Å². The minimum absolute atomic E-state index is 0.148. The van der Waals surface area contributed by atoms with Gasteiger partial charge in [0.05, 0.1) is 6.10 Å². The zero-order valence-electron chi connectivity index (χ0n) is 16.6. The zero-order valence-corrected chi connectivity index (χ0v) is 16.6. The molecule has 27 heavy (non-hydrogen) atoms. The molecule has 2 unspecified atom stereocenters. The van der Waals surface area contributed by atoms with E-state index in [1.807, 2.05) is 13.8 Å². The highest BCUT2D eigenvalue weighted by atomic mass is 16.7. The Morgan fingerprint density at radius 1 is 1.30 bits per heavy atom. The number of fused-ring (bicyclic) bond motifs is 2. The molecule has 3 fully saturated rings. The number of aliphatic hydroxyl groups excluding tert-OH is 1.